The van der Waals surface area contributed by atoms with Gasteiger partial charge in [0.1, 0.15) is 12.3 Å². The first-order valence-corrected chi connectivity index (χ1v) is 11.6. The van der Waals surface area contributed by atoms with Crippen LogP contribution >= 0.6 is 11.6 Å². The number of anilines is 2. The Hall–Kier alpha value is -3.56. The second-order valence-electron chi connectivity index (χ2n) is 7.06. The molecule has 0 aliphatic heterocycles. The molecule has 0 radical (unpaired) electrons. The minimum atomic E-state index is -4.13. The van der Waals surface area contributed by atoms with Gasteiger partial charge in [0.15, 0.2) is 0 Å². The fourth-order valence-corrected chi connectivity index (χ4v) is 4.78. The van der Waals surface area contributed by atoms with E-state index in [1.165, 1.54) is 37.4 Å². The normalized spacial score (nSPS) is 11.0. The molecule has 0 unspecified atom stereocenters. The lowest BCUT2D eigenvalue weighted by molar-refractivity contribution is -0.114. The van der Waals surface area contributed by atoms with Gasteiger partial charge in [-0.1, -0.05) is 23.7 Å². The van der Waals surface area contributed by atoms with Gasteiger partial charge in [-0.05, 0) is 67.1 Å². The maximum atomic E-state index is 13.4. The van der Waals surface area contributed by atoms with E-state index in [0.717, 1.165) is 4.31 Å². The SMILES string of the molecule is COc1ccc(S(=O)(=O)N(CC(=O)Nc2cccc(C(N)=O)c2C)c2cccc(Cl)c2)cc1. The number of nitrogens with zero attached hydrogens (tertiary/aromatic N) is 1. The van der Waals surface area contributed by atoms with Gasteiger partial charge in [0.25, 0.3) is 10.0 Å². The number of nitrogens with two attached hydrogens (primary N) is 1. The van der Waals surface area contributed by atoms with Crippen molar-refractivity contribution in [3.63, 3.8) is 0 Å². The van der Waals surface area contributed by atoms with E-state index in [4.69, 9.17) is 22.1 Å². The Morgan fingerprint density at radius 2 is 1.73 bits per heavy atom. The third kappa shape index (κ3) is 5.44. The number of hydrogen-bond donors (Lipinski definition) is 2. The van der Waals surface area contributed by atoms with Crippen molar-refractivity contribution < 1.29 is 22.7 Å². The molecule has 10 heteroatoms. The molecule has 0 aliphatic rings. The van der Waals surface area contributed by atoms with Crippen LogP contribution in [0.3, 0.4) is 0 Å². The number of hydrogen-bond acceptors (Lipinski definition) is 5. The Morgan fingerprint density at radius 3 is 2.33 bits per heavy atom. The summed E-state index contributed by atoms with van der Waals surface area (Å²) in [7, 11) is -2.66. The molecule has 2 amide bonds. The van der Waals surface area contributed by atoms with Gasteiger partial charge in [0.2, 0.25) is 11.8 Å². The van der Waals surface area contributed by atoms with Crippen LogP contribution in [0, 0.1) is 6.92 Å². The zero-order valence-electron chi connectivity index (χ0n) is 17.9. The number of methoxy groups -OCH3 is 1. The highest BCUT2D eigenvalue weighted by Gasteiger charge is 2.28. The number of amides is 2. The van der Waals surface area contributed by atoms with Crippen LogP contribution in [0.2, 0.25) is 5.02 Å². The molecule has 0 aliphatic carbocycles. The van der Waals surface area contributed by atoms with Crippen LogP contribution in [0.1, 0.15) is 15.9 Å². The molecule has 3 aromatic rings. The first kappa shape index (κ1) is 24.1. The Morgan fingerprint density at radius 1 is 1.06 bits per heavy atom. The molecule has 0 bridgehead atoms. The van der Waals surface area contributed by atoms with E-state index in [2.05, 4.69) is 5.32 Å². The van der Waals surface area contributed by atoms with Gasteiger partial charge in [0.05, 0.1) is 17.7 Å². The van der Waals surface area contributed by atoms with Gasteiger partial charge < -0.3 is 15.8 Å². The number of halogens is 1. The predicted molar refractivity (Wildman–Crippen MR) is 127 cm³/mol. The van der Waals surface area contributed by atoms with Gasteiger partial charge in [0, 0.05) is 16.3 Å². The molecule has 3 N–H and O–H groups in total. The van der Waals surface area contributed by atoms with Crippen LogP contribution in [0.5, 0.6) is 5.75 Å². The highest BCUT2D eigenvalue weighted by molar-refractivity contribution is 7.92. The topological polar surface area (TPSA) is 119 Å². The summed E-state index contributed by atoms with van der Waals surface area (Å²) in [6.45, 7) is 1.10. The second-order valence-corrected chi connectivity index (χ2v) is 9.36. The van der Waals surface area contributed by atoms with Gasteiger partial charge >= 0.3 is 0 Å². The molecule has 0 saturated carbocycles. The van der Waals surface area contributed by atoms with Crippen molar-refractivity contribution >= 4 is 44.8 Å². The van der Waals surface area contributed by atoms with Crippen LogP contribution in [-0.4, -0.2) is 33.9 Å². The minimum absolute atomic E-state index is 0.0250. The fourth-order valence-electron chi connectivity index (χ4n) is 3.18. The van der Waals surface area contributed by atoms with E-state index in [0.29, 0.717) is 22.0 Å². The Balaban J connectivity index is 1.96. The van der Waals surface area contributed by atoms with Crippen molar-refractivity contribution in [1.29, 1.82) is 0 Å². The van der Waals surface area contributed by atoms with Crippen molar-refractivity contribution in [3.05, 3.63) is 82.9 Å². The van der Waals surface area contributed by atoms with Crippen LogP contribution in [-0.2, 0) is 14.8 Å². The Bertz CT molecular complexity index is 1290. The molecule has 8 nitrogen and oxygen atoms in total. The quantitative estimate of drug-likeness (QED) is 0.503. The Kier molecular flexibility index (Phi) is 7.25. The molecule has 0 saturated heterocycles. The van der Waals surface area contributed by atoms with Gasteiger partial charge in [-0.2, -0.15) is 0 Å². The molecule has 0 spiro atoms. The average Bonchev–Trinajstić information content (AvgIpc) is 2.78. The molecular formula is C23H22ClN3O5S. The summed E-state index contributed by atoms with van der Waals surface area (Å²) in [5.74, 6) is -0.756. The van der Waals surface area contributed by atoms with Crippen LogP contribution in [0.25, 0.3) is 0 Å². The number of carbonyl (C=O) groups excluding carboxylic acids is 2. The maximum Gasteiger partial charge on any atom is 0.264 e. The Labute approximate surface area is 197 Å². The van der Waals surface area contributed by atoms with E-state index < -0.39 is 28.4 Å². The molecule has 3 rings (SSSR count). The zero-order valence-corrected chi connectivity index (χ0v) is 19.5. The van der Waals surface area contributed by atoms with Crippen molar-refractivity contribution in [2.75, 3.05) is 23.3 Å². The van der Waals surface area contributed by atoms with E-state index in [9.17, 15) is 18.0 Å². The monoisotopic (exact) mass is 487 g/mol. The number of primary amides is 1. The smallest absolute Gasteiger partial charge is 0.264 e. The second kappa shape index (κ2) is 9.93. The predicted octanol–water partition coefficient (Wildman–Crippen LogP) is 3.59. The number of carbonyl (C=O) groups is 2. The summed E-state index contributed by atoms with van der Waals surface area (Å²) in [5, 5.41) is 2.97. The number of ether oxygens (including phenoxy) is 1. The van der Waals surface area contributed by atoms with E-state index in [1.54, 1.807) is 43.3 Å². The van der Waals surface area contributed by atoms with Gasteiger partial charge in [-0.25, -0.2) is 8.42 Å². The average molecular weight is 488 g/mol. The largest absolute Gasteiger partial charge is 0.497 e. The summed E-state index contributed by atoms with van der Waals surface area (Å²) in [4.78, 5) is 24.5. The molecule has 0 heterocycles. The third-order valence-electron chi connectivity index (χ3n) is 4.90. The lowest BCUT2D eigenvalue weighted by atomic mass is 10.1. The standard InChI is InChI=1S/C23H22ClN3O5S/c1-15-20(23(25)29)7-4-8-21(15)26-22(28)14-27(17-6-3-5-16(24)13-17)33(30,31)19-11-9-18(32-2)10-12-19/h3-13H,14H2,1-2H3,(H2,25,29)(H,26,28). The minimum Gasteiger partial charge on any atom is -0.497 e. The van der Waals surface area contributed by atoms with Gasteiger partial charge in [-0.15, -0.1) is 0 Å². The lowest BCUT2D eigenvalue weighted by Crippen LogP contribution is -2.38. The third-order valence-corrected chi connectivity index (χ3v) is 6.93. The molecular weight excluding hydrogens is 466 g/mol. The highest BCUT2D eigenvalue weighted by atomic mass is 35.5. The molecule has 172 valence electrons. The molecule has 0 fully saturated rings. The fraction of sp³-hybridized carbons (Fsp3) is 0.130. The van der Waals surface area contributed by atoms with E-state index in [-0.39, 0.29) is 16.1 Å². The van der Waals surface area contributed by atoms with E-state index in [1.807, 2.05) is 0 Å². The molecule has 0 atom stereocenters. The summed E-state index contributed by atoms with van der Waals surface area (Å²) in [5.41, 5.74) is 6.67. The van der Waals surface area contributed by atoms with Crippen LogP contribution in [0.15, 0.2) is 71.6 Å². The lowest BCUT2D eigenvalue weighted by Gasteiger charge is -2.24. The zero-order chi connectivity index (χ0) is 24.2. The van der Waals surface area contributed by atoms with Crippen molar-refractivity contribution in [2.24, 2.45) is 5.73 Å². The first-order chi connectivity index (χ1) is 15.6. The first-order valence-electron chi connectivity index (χ1n) is 9.75. The molecule has 33 heavy (non-hydrogen) atoms. The van der Waals surface area contributed by atoms with Crippen molar-refractivity contribution in [3.8, 4) is 5.75 Å². The summed E-state index contributed by atoms with van der Waals surface area (Å²) < 4.78 is 32.9. The molecule has 3 aromatic carbocycles. The van der Waals surface area contributed by atoms with Crippen molar-refractivity contribution in [1.82, 2.24) is 0 Å². The van der Waals surface area contributed by atoms with Gasteiger partial charge in [-0.3, -0.25) is 13.9 Å². The van der Waals surface area contributed by atoms with Crippen LogP contribution < -0.4 is 20.1 Å². The van der Waals surface area contributed by atoms with Crippen molar-refractivity contribution in [2.45, 2.75) is 11.8 Å². The summed E-state index contributed by atoms with van der Waals surface area (Å²) in [6.07, 6.45) is 0. The summed E-state index contributed by atoms with van der Waals surface area (Å²) >= 11 is 6.08. The number of rotatable bonds is 8. The highest BCUT2D eigenvalue weighted by Crippen LogP contribution is 2.27. The number of benzene rings is 3. The number of nitrogens with one attached hydrogen (secondary N) is 1. The summed E-state index contributed by atoms with van der Waals surface area (Å²) in [6, 6.07) is 16.7. The molecule has 0 aromatic heterocycles. The van der Waals surface area contributed by atoms with Crippen LogP contribution in [0.4, 0.5) is 11.4 Å². The number of sulfonamides is 1. The maximum absolute atomic E-state index is 13.4. The van der Waals surface area contributed by atoms with E-state index >= 15 is 0 Å².